The second kappa shape index (κ2) is 10.4. The minimum atomic E-state index is -3.90. The number of thiazole rings is 1. The second-order valence-electron chi connectivity index (χ2n) is 8.77. The van der Waals surface area contributed by atoms with Crippen molar-refractivity contribution in [2.75, 3.05) is 18.6 Å². The predicted molar refractivity (Wildman–Crippen MR) is 145 cm³/mol. The van der Waals surface area contributed by atoms with Crippen molar-refractivity contribution >= 4 is 54.2 Å². The Kier molecular flexibility index (Phi) is 7.17. The molecule has 3 heterocycles. The second-order valence-corrected chi connectivity index (χ2v) is 12.0. The van der Waals surface area contributed by atoms with Gasteiger partial charge >= 0.3 is 0 Å². The Morgan fingerprint density at radius 3 is 2.68 bits per heavy atom. The van der Waals surface area contributed by atoms with Crippen LogP contribution in [0.25, 0.3) is 10.2 Å². The lowest BCUT2D eigenvalue weighted by atomic mass is 10.2. The molecule has 2 aromatic carbocycles. The van der Waals surface area contributed by atoms with E-state index < -0.39 is 16.1 Å². The number of halogens is 1. The molecule has 0 radical (unpaired) electrons. The zero-order valence-corrected chi connectivity index (χ0v) is 22.7. The van der Waals surface area contributed by atoms with E-state index in [1.807, 2.05) is 25.1 Å². The van der Waals surface area contributed by atoms with Crippen LogP contribution in [0.4, 0.5) is 5.13 Å². The van der Waals surface area contributed by atoms with Gasteiger partial charge in [-0.1, -0.05) is 35.1 Å². The van der Waals surface area contributed by atoms with Crippen LogP contribution in [0.3, 0.4) is 0 Å². The molecule has 1 aliphatic heterocycles. The van der Waals surface area contributed by atoms with Crippen LogP contribution in [0.5, 0.6) is 5.75 Å². The van der Waals surface area contributed by atoms with E-state index in [4.69, 9.17) is 21.3 Å². The predicted octanol–water partition coefficient (Wildman–Crippen LogP) is 5.05. The van der Waals surface area contributed by atoms with Gasteiger partial charge in [-0.2, -0.15) is 4.31 Å². The number of rotatable bonds is 7. The van der Waals surface area contributed by atoms with Crippen LogP contribution < -0.4 is 9.64 Å². The highest BCUT2D eigenvalue weighted by atomic mass is 35.5. The fraction of sp³-hybridized carbons (Fsp3) is 0.269. The number of carbonyl (C=O) groups is 1. The van der Waals surface area contributed by atoms with Gasteiger partial charge in [0, 0.05) is 18.9 Å². The summed E-state index contributed by atoms with van der Waals surface area (Å²) >= 11 is 7.77. The van der Waals surface area contributed by atoms with E-state index in [1.54, 1.807) is 35.5 Å². The Hall–Kier alpha value is -3.05. The standard InChI is InChI=1S/C26H25ClN4O4S2/c1-17-7-12-21(27)24-23(17)29-26(36-24)30(16-18-5-3-13-28-15-18)25(32)22-6-4-14-31(22)37(33,34)20-10-8-19(35-2)9-11-20/h3,5,7-13,15,22H,4,6,14,16H2,1-2H3. The maximum absolute atomic E-state index is 14.1. The van der Waals surface area contributed by atoms with Crippen molar-refractivity contribution in [3.63, 3.8) is 0 Å². The molecule has 0 aliphatic carbocycles. The van der Waals surface area contributed by atoms with Gasteiger partial charge < -0.3 is 4.74 Å². The monoisotopic (exact) mass is 556 g/mol. The molecule has 4 aromatic rings. The average Bonchev–Trinajstić information content (AvgIpc) is 3.59. The molecule has 5 rings (SSSR count). The maximum atomic E-state index is 14.1. The molecule has 1 amide bonds. The summed E-state index contributed by atoms with van der Waals surface area (Å²) in [5, 5.41) is 1.02. The van der Waals surface area contributed by atoms with Gasteiger partial charge in [0.25, 0.3) is 0 Å². The van der Waals surface area contributed by atoms with Crippen molar-refractivity contribution in [2.45, 2.75) is 37.2 Å². The Bertz CT molecular complexity index is 1500. The molecule has 1 saturated heterocycles. The first kappa shape index (κ1) is 25.6. The number of benzene rings is 2. The van der Waals surface area contributed by atoms with Crippen molar-refractivity contribution in [1.29, 1.82) is 0 Å². The fourth-order valence-corrected chi connectivity index (χ4v) is 7.43. The highest BCUT2D eigenvalue weighted by molar-refractivity contribution is 7.89. The lowest BCUT2D eigenvalue weighted by Crippen LogP contribution is -2.47. The third-order valence-electron chi connectivity index (χ3n) is 6.40. The van der Waals surface area contributed by atoms with Crippen molar-refractivity contribution < 1.29 is 17.9 Å². The molecule has 11 heteroatoms. The van der Waals surface area contributed by atoms with Crippen LogP contribution in [-0.2, 0) is 21.4 Å². The molecule has 1 atom stereocenters. The van der Waals surface area contributed by atoms with Crippen LogP contribution in [0, 0.1) is 6.92 Å². The van der Waals surface area contributed by atoms with Crippen LogP contribution in [0.15, 0.2) is 65.8 Å². The minimum Gasteiger partial charge on any atom is -0.497 e. The molecule has 0 spiro atoms. The van der Waals surface area contributed by atoms with Crippen molar-refractivity contribution in [3.8, 4) is 5.75 Å². The number of aromatic nitrogens is 2. The number of ether oxygens (including phenoxy) is 1. The number of nitrogens with zero attached hydrogens (tertiary/aromatic N) is 4. The van der Waals surface area contributed by atoms with Crippen LogP contribution in [-0.4, -0.2) is 48.3 Å². The Labute approximate surface area is 224 Å². The SMILES string of the molecule is COc1ccc(S(=O)(=O)N2CCCC2C(=O)N(Cc2cccnc2)c2nc3c(C)ccc(Cl)c3s2)cc1. The van der Waals surface area contributed by atoms with Crippen molar-refractivity contribution in [3.05, 3.63) is 77.1 Å². The third-order valence-corrected chi connectivity index (χ3v) is 9.86. The Balaban J connectivity index is 1.53. The minimum absolute atomic E-state index is 0.120. The summed E-state index contributed by atoms with van der Waals surface area (Å²) in [4.78, 5) is 24.7. The lowest BCUT2D eigenvalue weighted by molar-refractivity contribution is -0.121. The lowest BCUT2D eigenvalue weighted by Gasteiger charge is -2.28. The number of pyridine rings is 1. The number of anilines is 1. The summed E-state index contributed by atoms with van der Waals surface area (Å²) in [6, 6.07) is 12.7. The molecule has 0 N–H and O–H groups in total. The molecule has 0 bridgehead atoms. The molecule has 2 aromatic heterocycles. The van der Waals surface area contributed by atoms with E-state index >= 15 is 0 Å². The van der Waals surface area contributed by atoms with E-state index in [2.05, 4.69) is 4.98 Å². The first-order valence-corrected chi connectivity index (χ1v) is 14.3. The van der Waals surface area contributed by atoms with Crippen LogP contribution in [0.2, 0.25) is 5.02 Å². The number of aryl methyl sites for hydroxylation is 1. The van der Waals surface area contributed by atoms with Gasteiger partial charge in [0.1, 0.15) is 11.8 Å². The van der Waals surface area contributed by atoms with Crippen LogP contribution in [0.1, 0.15) is 24.0 Å². The van der Waals surface area contributed by atoms with Gasteiger partial charge in [-0.15, -0.1) is 0 Å². The summed E-state index contributed by atoms with van der Waals surface area (Å²) in [7, 11) is -2.38. The first-order valence-electron chi connectivity index (χ1n) is 11.7. The third kappa shape index (κ3) is 4.94. The molecule has 37 heavy (non-hydrogen) atoms. The van der Waals surface area contributed by atoms with E-state index in [9.17, 15) is 13.2 Å². The van der Waals surface area contributed by atoms with Gasteiger partial charge in [0.15, 0.2) is 5.13 Å². The van der Waals surface area contributed by atoms with Crippen molar-refractivity contribution in [2.24, 2.45) is 0 Å². The topological polar surface area (TPSA) is 92.7 Å². The number of carbonyl (C=O) groups excluding carboxylic acids is 1. The average molecular weight is 557 g/mol. The quantitative estimate of drug-likeness (QED) is 0.316. The molecular weight excluding hydrogens is 532 g/mol. The van der Waals surface area contributed by atoms with Gasteiger partial charge in [-0.05, 0) is 67.3 Å². The molecule has 1 aliphatic rings. The number of amides is 1. The van der Waals surface area contributed by atoms with Crippen LogP contribution >= 0.6 is 22.9 Å². The van der Waals surface area contributed by atoms with Crippen molar-refractivity contribution in [1.82, 2.24) is 14.3 Å². The fourth-order valence-electron chi connectivity index (χ4n) is 4.46. The van der Waals surface area contributed by atoms with Gasteiger partial charge in [0.2, 0.25) is 15.9 Å². The van der Waals surface area contributed by atoms with Gasteiger partial charge in [-0.25, -0.2) is 13.4 Å². The zero-order valence-electron chi connectivity index (χ0n) is 20.3. The van der Waals surface area contributed by atoms with Gasteiger partial charge in [-0.3, -0.25) is 14.7 Å². The maximum Gasteiger partial charge on any atom is 0.247 e. The largest absolute Gasteiger partial charge is 0.497 e. The summed E-state index contributed by atoms with van der Waals surface area (Å²) < 4.78 is 34.4. The summed E-state index contributed by atoms with van der Waals surface area (Å²) in [6.45, 7) is 2.40. The van der Waals surface area contributed by atoms with Gasteiger partial charge in [0.05, 0.1) is 33.8 Å². The highest BCUT2D eigenvalue weighted by Crippen LogP contribution is 2.37. The molecular formula is C26H25ClN4O4S2. The first-order chi connectivity index (χ1) is 17.8. The molecule has 8 nitrogen and oxygen atoms in total. The highest BCUT2D eigenvalue weighted by Gasteiger charge is 2.42. The number of hydrogen-bond donors (Lipinski definition) is 0. The molecule has 1 unspecified atom stereocenters. The summed E-state index contributed by atoms with van der Waals surface area (Å²) in [5.41, 5.74) is 2.48. The number of fused-ring (bicyclic) bond motifs is 1. The zero-order chi connectivity index (χ0) is 26.2. The molecule has 0 saturated carbocycles. The van der Waals surface area contributed by atoms with E-state index in [0.717, 1.165) is 21.3 Å². The normalized spacial score (nSPS) is 16.2. The smallest absolute Gasteiger partial charge is 0.247 e. The Morgan fingerprint density at radius 1 is 1.22 bits per heavy atom. The summed E-state index contributed by atoms with van der Waals surface area (Å²) in [6.07, 6.45) is 4.35. The summed E-state index contributed by atoms with van der Waals surface area (Å²) in [5.74, 6) is 0.228. The molecule has 1 fully saturated rings. The molecule has 192 valence electrons. The van der Waals surface area contributed by atoms with E-state index in [0.29, 0.717) is 28.7 Å². The van der Waals surface area contributed by atoms with E-state index in [-0.39, 0.29) is 23.9 Å². The van der Waals surface area contributed by atoms with E-state index in [1.165, 1.54) is 34.9 Å². The number of hydrogen-bond acceptors (Lipinski definition) is 7. The number of methoxy groups -OCH3 is 1. The number of sulfonamides is 1. The Morgan fingerprint density at radius 2 is 2.00 bits per heavy atom.